The van der Waals surface area contributed by atoms with Gasteiger partial charge in [-0.3, -0.25) is 4.79 Å². The number of nitrogens with zero attached hydrogens (tertiary/aromatic N) is 2. The number of aromatic nitrogens is 1. The van der Waals surface area contributed by atoms with Crippen molar-refractivity contribution in [3.8, 4) is 0 Å². The van der Waals surface area contributed by atoms with Crippen molar-refractivity contribution < 1.29 is 4.79 Å². The monoisotopic (exact) mass is 347 g/mol. The van der Waals surface area contributed by atoms with Crippen LogP contribution in [0.25, 0.3) is 10.9 Å². The summed E-state index contributed by atoms with van der Waals surface area (Å²) in [5.41, 5.74) is 3.41. The summed E-state index contributed by atoms with van der Waals surface area (Å²) in [5.74, 6) is 0.190. The molecular weight excluding hydrogens is 322 g/mol. The summed E-state index contributed by atoms with van der Waals surface area (Å²) in [6.45, 7) is 1.96. The maximum Gasteiger partial charge on any atom is 0.227 e. The third kappa shape index (κ3) is 3.32. The van der Waals surface area contributed by atoms with Crippen LogP contribution in [0.5, 0.6) is 0 Å². The lowest BCUT2D eigenvalue weighted by molar-refractivity contribution is -0.131. The van der Waals surface area contributed by atoms with Crippen LogP contribution >= 0.6 is 0 Å². The largest absolute Gasteiger partial charge is 0.369 e. The highest BCUT2D eigenvalue weighted by Crippen LogP contribution is 2.23. The van der Waals surface area contributed by atoms with Gasteiger partial charge in [-0.05, 0) is 36.6 Å². The molecule has 0 spiro atoms. The Kier molecular flexibility index (Phi) is 4.65. The van der Waals surface area contributed by atoms with Gasteiger partial charge in [0.25, 0.3) is 0 Å². The summed E-state index contributed by atoms with van der Waals surface area (Å²) in [6.07, 6.45) is 4.60. The molecule has 1 amide bonds. The van der Waals surface area contributed by atoms with E-state index in [1.54, 1.807) is 0 Å². The highest BCUT2D eigenvalue weighted by molar-refractivity contribution is 5.88. The Bertz CT molecular complexity index is 887. The van der Waals surface area contributed by atoms with Crippen LogP contribution in [0.3, 0.4) is 0 Å². The van der Waals surface area contributed by atoms with Crippen LogP contribution in [0, 0.1) is 0 Å². The van der Waals surface area contributed by atoms with Crippen LogP contribution in [-0.2, 0) is 11.2 Å². The summed E-state index contributed by atoms with van der Waals surface area (Å²) in [4.78, 5) is 20.5. The number of benzene rings is 2. The molecule has 4 heteroatoms. The Morgan fingerprint density at radius 2 is 1.92 bits per heavy atom. The second-order valence-corrected chi connectivity index (χ2v) is 7.12. The van der Waals surface area contributed by atoms with Gasteiger partial charge in [0.05, 0.1) is 6.42 Å². The number of likely N-dealkylation sites (N-methyl/N-ethyl adjacent to an activating group) is 1. The fraction of sp³-hybridized carbons (Fsp3) is 0.318. The fourth-order valence-electron chi connectivity index (χ4n) is 3.91. The van der Waals surface area contributed by atoms with Gasteiger partial charge in [-0.2, -0.15) is 0 Å². The number of anilines is 1. The zero-order valence-electron chi connectivity index (χ0n) is 15.2. The van der Waals surface area contributed by atoms with E-state index in [0.717, 1.165) is 42.4 Å². The first-order valence-corrected chi connectivity index (χ1v) is 9.33. The first kappa shape index (κ1) is 16.7. The van der Waals surface area contributed by atoms with E-state index in [0.29, 0.717) is 6.42 Å². The molecule has 0 radical (unpaired) electrons. The number of carbonyl (C=O) groups is 1. The van der Waals surface area contributed by atoms with Crippen molar-refractivity contribution in [3.63, 3.8) is 0 Å². The molecule has 1 aliphatic rings. The summed E-state index contributed by atoms with van der Waals surface area (Å²) in [6, 6.07) is 18.9. The third-order valence-corrected chi connectivity index (χ3v) is 5.48. The Hall–Kier alpha value is -2.75. The molecule has 3 aromatic rings. The molecule has 2 aromatic carbocycles. The van der Waals surface area contributed by atoms with Crippen molar-refractivity contribution in [1.82, 2.24) is 9.88 Å². The van der Waals surface area contributed by atoms with E-state index >= 15 is 0 Å². The van der Waals surface area contributed by atoms with Crippen LogP contribution in [-0.4, -0.2) is 42.0 Å². The van der Waals surface area contributed by atoms with E-state index in [1.807, 2.05) is 42.4 Å². The number of fused-ring (bicyclic) bond motifs is 1. The van der Waals surface area contributed by atoms with E-state index < -0.39 is 0 Å². The SMILES string of the molecule is CN(C(=O)Cc1c[nH]c2ccccc12)C1CCCN(c2ccccc2)C1. The van der Waals surface area contributed by atoms with Gasteiger partial charge in [0.2, 0.25) is 5.91 Å². The highest BCUT2D eigenvalue weighted by atomic mass is 16.2. The Morgan fingerprint density at radius 3 is 2.77 bits per heavy atom. The molecule has 1 saturated heterocycles. The lowest BCUT2D eigenvalue weighted by Crippen LogP contribution is -2.49. The van der Waals surface area contributed by atoms with E-state index in [-0.39, 0.29) is 11.9 Å². The van der Waals surface area contributed by atoms with Crippen LogP contribution in [0.4, 0.5) is 5.69 Å². The second-order valence-electron chi connectivity index (χ2n) is 7.12. The van der Waals surface area contributed by atoms with Gasteiger partial charge in [-0.1, -0.05) is 36.4 Å². The third-order valence-electron chi connectivity index (χ3n) is 5.48. The summed E-state index contributed by atoms with van der Waals surface area (Å²) >= 11 is 0. The molecule has 1 aromatic heterocycles. The summed E-state index contributed by atoms with van der Waals surface area (Å²) < 4.78 is 0. The van der Waals surface area contributed by atoms with Gasteiger partial charge in [-0.25, -0.2) is 0 Å². The lowest BCUT2D eigenvalue weighted by Gasteiger charge is -2.39. The standard InChI is InChI=1S/C22H25N3O/c1-24(19-10-7-13-25(16-19)18-8-3-2-4-9-18)22(26)14-17-15-23-21-12-6-5-11-20(17)21/h2-6,8-9,11-12,15,19,23H,7,10,13-14,16H2,1H3. The molecular formula is C22H25N3O. The topological polar surface area (TPSA) is 39.3 Å². The second kappa shape index (κ2) is 7.24. The Balaban J connectivity index is 1.44. The number of para-hydroxylation sites is 2. The van der Waals surface area contributed by atoms with Crippen molar-refractivity contribution in [2.24, 2.45) is 0 Å². The fourth-order valence-corrected chi connectivity index (χ4v) is 3.91. The molecule has 0 aliphatic carbocycles. The number of amides is 1. The highest BCUT2D eigenvalue weighted by Gasteiger charge is 2.26. The van der Waals surface area contributed by atoms with Crippen LogP contribution < -0.4 is 4.90 Å². The minimum atomic E-state index is 0.190. The zero-order chi connectivity index (χ0) is 17.9. The molecule has 1 unspecified atom stereocenters. The van der Waals surface area contributed by atoms with Gasteiger partial charge >= 0.3 is 0 Å². The van der Waals surface area contributed by atoms with E-state index in [2.05, 4.69) is 40.2 Å². The molecule has 26 heavy (non-hydrogen) atoms. The smallest absolute Gasteiger partial charge is 0.227 e. The first-order chi connectivity index (χ1) is 12.7. The number of piperidine rings is 1. The van der Waals surface area contributed by atoms with E-state index in [9.17, 15) is 4.79 Å². The van der Waals surface area contributed by atoms with Gasteiger partial charge in [0.1, 0.15) is 0 Å². The minimum absolute atomic E-state index is 0.190. The average Bonchev–Trinajstić information content (AvgIpc) is 3.11. The van der Waals surface area contributed by atoms with Crippen LogP contribution in [0.1, 0.15) is 18.4 Å². The molecule has 1 aliphatic heterocycles. The predicted molar refractivity (Wildman–Crippen MR) is 106 cm³/mol. The zero-order valence-corrected chi connectivity index (χ0v) is 15.2. The van der Waals surface area contributed by atoms with E-state index in [4.69, 9.17) is 0 Å². The number of nitrogens with one attached hydrogen (secondary N) is 1. The molecule has 0 bridgehead atoms. The summed E-state index contributed by atoms with van der Waals surface area (Å²) in [7, 11) is 1.95. The maximum absolute atomic E-state index is 12.9. The van der Waals surface area contributed by atoms with E-state index in [1.165, 1.54) is 5.69 Å². The van der Waals surface area contributed by atoms with Crippen molar-refractivity contribution in [1.29, 1.82) is 0 Å². The molecule has 1 N–H and O–H groups in total. The average molecular weight is 347 g/mol. The molecule has 4 rings (SSSR count). The van der Waals surface area contributed by atoms with Crippen LogP contribution in [0.15, 0.2) is 60.8 Å². The van der Waals surface area contributed by atoms with Crippen molar-refractivity contribution >= 4 is 22.5 Å². The summed E-state index contributed by atoms with van der Waals surface area (Å²) in [5, 5.41) is 1.14. The maximum atomic E-state index is 12.9. The van der Waals surface area contributed by atoms with Gasteiger partial charge in [0, 0.05) is 49.0 Å². The normalized spacial score (nSPS) is 17.4. The lowest BCUT2D eigenvalue weighted by atomic mass is 10.0. The molecule has 4 nitrogen and oxygen atoms in total. The van der Waals surface area contributed by atoms with Crippen molar-refractivity contribution in [3.05, 3.63) is 66.4 Å². The number of H-pyrrole nitrogens is 1. The molecule has 1 atom stereocenters. The Morgan fingerprint density at radius 1 is 1.15 bits per heavy atom. The number of carbonyl (C=O) groups excluding carboxylic acids is 1. The molecule has 0 saturated carbocycles. The van der Waals surface area contributed by atoms with Gasteiger partial charge in [0.15, 0.2) is 0 Å². The predicted octanol–water partition coefficient (Wildman–Crippen LogP) is 3.84. The Labute approximate surface area is 154 Å². The number of rotatable bonds is 4. The van der Waals surface area contributed by atoms with Crippen LogP contribution in [0.2, 0.25) is 0 Å². The van der Waals surface area contributed by atoms with Gasteiger partial charge in [-0.15, -0.1) is 0 Å². The molecule has 2 heterocycles. The van der Waals surface area contributed by atoms with Gasteiger partial charge < -0.3 is 14.8 Å². The number of hydrogen-bond donors (Lipinski definition) is 1. The molecule has 134 valence electrons. The van der Waals surface area contributed by atoms with Crippen molar-refractivity contribution in [2.75, 3.05) is 25.0 Å². The molecule has 1 fully saturated rings. The number of hydrogen-bond acceptors (Lipinski definition) is 2. The quantitative estimate of drug-likeness (QED) is 0.779. The number of aromatic amines is 1. The van der Waals surface area contributed by atoms with Crippen molar-refractivity contribution in [2.45, 2.75) is 25.3 Å². The first-order valence-electron chi connectivity index (χ1n) is 9.33. The minimum Gasteiger partial charge on any atom is -0.369 e.